The Balaban J connectivity index is 2.05. The van der Waals surface area contributed by atoms with Crippen LogP contribution in [0.1, 0.15) is 30.0 Å². The predicted octanol–water partition coefficient (Wildman–Crippen LogP) is 2.28. The monoisotopic (exact) mass is 265 g/mol. The van der Waals surface area contributed by atoms with Gasteiger partial charge in [0.05, 0.1) is 7.11 Å². The Kier molecular flexibility index (Phi) is 5.19. The topological polar surface area (TPSA) is 39.7 Å². The van der Waals surface area contributed by atoms with Crippen molar-refractivity contribution in [1.82, 2.24) is 5.32 Å². The third kappa shape index (κ3) is 3.47. The number of methoxy groups -OCH3 is 3. The highest BCUT2D eigenvalue weighted by Crippen LogP contribution is 2.32. The summed E-state index contributed by atoms with van der Waals surface area (Å²) in [6, 6.07) is 6.72. The fraction of sp³-hybridized carbons (Fsp3) is 0.600. The van der Waals surface area contributed by atoms with Crippen molar-refractivity contribution in [1.29, 1.82) is 0 Å². The number of nitrogens with one attached hydrogen (secondary N) is 1. The largest absolute Gasteiger partial charge is 0.497 e. The van der Waals surface area contributed by atoms with Gasteiger partial charge in [0.15, 0.2) is 6.29 Å². The van der Waals surface area contributed by atoms with E-state index < -0.39 is 0 Å². The second kappa shape index (κ2) is 6.89. The van der Waals surface area contributed by atoms with Gasteiger partial charge in [0.2, 0.25) is 0 Å². The van der Waals surface area contributed by atoms with Crippen LogP contribution in [0.3, 0.4) is 0 Å². The molecule has 4 heteroatoms. The van der Waals surface area contributed by atoms with E-state index in [9.17, 15) is 0 Å². The van der Waals surface area contributed by atoms with Gasteiger partial charge in [-0.15, -0.1) is 0 Å². The van der Waals surface area contributed by atoms with Crippen LogP contribution in [0.25, 0.3) is 0 Å². The molecule has 19 heavy (non-hydrogen) atoms. The molecule has 0 saturated carbocycles. The molecule has 1 aromatic rings. The molecule has 0 aromatic heterocycles. The van der Waals surface area contributed by atoms with E-state index >= 15 is 0 Å². The summed E-state index contributed by atoms with van der Waals surface area (Å²) in [6.07, 6.45) is 3.29. The van der Waals surface area contributed by atoms with E-state index in [-0.39, 0.29) is 6.29 Å². The summed E-state index contributed by atoms with van der Waals surface area (Å²) in [7, 11) is 5.03. The van der Waals surface area contributed by atoms with Crippen LogP contribution < -0.4 is 10.1 Å². The number of hydrogen-bond donors (Lipinski definition) is 1. The zero-order chi connectivity index (χ0) is 13.7. The minimum Gasteiger partial charge on any atom is -0.497 e. The SMILES string of the molecule is COc1ccc2c(c1)CCCC2NCC(OC)OC. The van der Waals surface area contributed by atoms with Gasteiger partial charge < -0.3 is 19.5 Å². The predicted molar refractivity (Wildman–Crippen MR) is 74.5 cm³/mol. The van der Waals surface area contributed by atoms with Crippen LogP contribution in [0.5, 0.6) is 5.75 Å². The lowest BCUT2D eigenvalue weighted by Crippen LogP contribution is -2.34. The molecule has 0 bridgehead atoms. The third-order valence-corrected chi connectivity index (χ3v) is 3.72. The second-order valence-corrected chi connectivity index (χ2v) is 4.82. The van der Waals surface area contributed by atoms with Gasteiger partial charge in [0.25, 0.3) is 0 Å². The van der Waals surface area contributed by atoms with Gasteiger partial charge >= 0.3 is 0 Å². The molecule has 1 aliphatic rings. The van der Waals surface area contributed by atoms with E-state index in [0.29, 0.717) is 12.6 Å². The maximum absolute atomic E-state index is 5.29. The molecule has 0 aliphatic heterocycles. The van der Waals surface area contributed by atoms with Gasteiger partial charge in [-0.25, -0.2) is 0 Å². The molecule has 1 unspecified atom stereocenters. The molecule has 4 nitrogen and oxygen atoms in total. The Labute approximate surface area is 115 Å². The molecule has 106 valence electrons. The first kappa shape index (κ1) is 14.3. The summed E-state index contributed by atoms with van der Waals surface area (Å²) in [5.74, 6) is 0.936. The molecule has 0 saturated heterocycles. The summed E-state index contributed by atoms with van der Waals surface area (Å²) < 4.78 is 15.7. The van der Waals surface area contributed by atoms with Crippen LogP contribution in [-0.2, 0) is 15.9 Å². The Bertz CT molecular complexity index is 404. The average molecular weight is 265 g/mol. The van der Waals surface area contributed by atoms with Crippen molar-refractivity contribution in [3.05, 3.63) is 29.3 Å². The summed E-state index contributed by atoms with van der Waals surface area (Å²) in [4.78, 5) is 0. The quantitative estimate of drug-likeness (QED) is 0.801. The lowest BCUT2D eigenvalue weighted by molar-refractivity contribution is -0.100. The highest BCUT2D eigenvalue weighted by atomic mass is 16.7. The molecule has 2 rings (SSSR count). The molecule has 0 fully saturated rings. The fourth-order valence-electron chi connectivity index (χ4n) is 2.63. The van der Waals surface area contributed by atoms with Crippen molar-refractivity contribution in [2.45, 2.75) is 31.6 Å². The molecular formula is C15H23NO3. The van der Waals surface area contributed by atoms with Crippen molar-refractivity contribution >= 4 is 0 Å². The number of benzene rings is 1. The zero-order valence-corrected chi connectivity index (χ0v) is 11.9. The summed E-state index contributed by atoms with van der Waals surface area (Å²) in [5, 5.41) is 3.53. The standard InChI is InChI=1S/C15H23NO3/c1-17-12-7-8-13-11(9-12)5-4-6-14(13)16-10-15(18-2)19-3/h7-9,14-16H,4-6,10H2,1-3H3. The Hall–Kier alpha value is -1.10. The van der Waals surface area contributed by atoms with Gasteiger partial charge in [-0.05, 0) is 42.5 Å². The van der Waals surface area contributed by atoms with Crippen molar-refractivity contribution in [2.24, 2.45) is 0 Å². The van der Waals surface area contributed by atoms with Gasteiger partial charge in [0, 0.05) is 26.8 Å². The average Bonchev–Trinajstić information content (AvgIpc) is 2.47. The van der Waals surface area contributed by atoms with E-state index in [0.717, 1.165) is 18.6 Å². The van der Waals surface area contributed by atoms with Crippen LogP contribution in [0.15, 0.2) is 18.2 Å². The Morgan fingerprint density at radius 1 is 1.26 bits per heavy atom. The van der Waals surface area contributed by atoms with Crippen molar-refractivity contribution in [3.63, 3.8) is 0 Å². The van der Waals surface area contributed by atoms with Crippen molar-refractivity contribution < 1.29 is 14.2 Å². The van der Waals surface area contributed by atoms with E-state index in [1.807, 2.05) is 6.07 Å². The second-order valence-electron chi connectivity index (χ2n) is 4.82. The van der Waals surface area contributed by atoms with E-state index in [1.165, 1.54) is 17.5 Å². The fourth-order valence-corrected chi connectivity index (χ4v) is 2.63. The number of rotatable bonds is 6. The van der Waals surface area contributed by atoms with Crippen molar-refractivity contribution in [3.8, 4) is 5.75 Å². The number of ether oxygens (including phenoxy) is 3. The lowest BCUT2D eigenvalue weighted by Gasteiger charge is -2.28. The Morgan fingerprint density at radius 2 is 2.05 bits per heavy atom. The molecule has 0 radical (unpaired) electrons. The summed E-state index contributed by atoms with van der Waals surface area (Å²) in [5.41, 5.74) is 2.76. The molecule has 1 aromatic carbocycles. The minimum absolute atomic E-state index is 0.191. The van der Waals surface area contributed by atoms with Crippen LogP contribution in [0.4, 0.5) is 0 Å². The highest BCUT2D eigenvalue weighted by molar-refractivity contribution is 5.39. The maximum atomic E-state index is 5.29. The highest BCUT2D eigenvalue weighted by Gasteiger charge is 2.21. The van der Waals surface area contributed by atoms with Gasteiger partial charge in [-0.1, -0.05) is 6.07 Å². The maximum Gasteiger partial charge on any atom is 0.169 e. The Morgan fingerprint density at radius 3 is 2.74 bits per heavy atom. The molecule has 0 heterocycles. The first-order chi connectivity index (χ1) is 9.28. The van der Waals surface area contributed by atoms with Gasteiger partial charge in [-0.2, -0.15) is 0 Å². The van der Waals surface area contributed by atoms with Gasteiger partial charge in [-0.3, -0.25) is 0 Å². The third-order valence-electron chi connectivity index (χ3n) is 3.72. The number of aryl methyl sites for hydroxylation is 1. The van der Waals surface area contributed by atoms with E-state index in [1.54, 1.807) is 21.3 Å². The first-order valence-corrected chi connectivity index (χ1v) is 6.74. The van der Waals surface area contributed by atoms with Crippen LogP contribution in [0.2, 0.25) is 0 Å². The molecule has 0 spiro atoms. The van der Waals surface area contributed by atoms with Crippen LogP contribution in [-0.4, -0.2) is 34.2 Å². The van der Waals surface area contributed by atoms with E-state index in [2.05, 4.69) is 17.4 Å². The molecule has 1 atom stereocenters. The van der Waals surface area contributed by atoms with Crippen molar-refractivity contribution in [2.75, 3.05) is 27.9 Å². The lowest BCUT2D eigenvalue weighted by atomic mass is 9.87. The molecule has 1 aliphatic carbocycles. The zero-order valence-electron chi connectivity index (χ0n) is 11.9. The normalized spacial score (nSPS) is 18.4. The molecule has 0 amide bonds. The number of hydrogen-bond acceptors (Lipinski definition) is 4. The van der Waals surface area contributed by atoms with Crippen LogP contribution >= 0.6 is 0 Å². The minimum atomic E-state index is -0.191. The summed E-state index contributed by atoms with van der Waals surface area (Å²) >= 11 is 0. The number of fused-ring (bicyclic) bond motifs is 1. The molecule has 1 N–H and O–H groups in total. The van der Waals surface area contributed by atoms with Crippen LogP contribution in [0, 0.1) is 0 Å². The van der Waals surface area contributed by atoms with E-state index in [4.69, 9.17) is 14.2 Å². The van der Waals surface area contributed by atoms with Gasteiger partial charge in [0.1, 0.15) is 5.75 Å². The first-order valence-electron chi connectivity index (χ1n) is 6.74. The molecular weight excluding hydrogens is 242 g/mol. The smallest absolute Gasteiger partial charge is 0.169 e. The summed E-state index contributed by atoms with van der Waals surface area (Å²) in [6.45, 7) is 0.698.